The number of benzene rings is 1. The van der Waals surface area contributed by atoms with Gasteiger partial charge in [-0.25, -0.2) is 0 Å². The van der Waals surface area contributed by atoms with Crippen LogP contribution in [0.25, 0.3) is 0 Å². The number of thioether (sulfide) groups is 1. The second kappa shape index (κ2) is 5.48. The first-order chi connectivity index (χ1) is 7.04. The van der Waals surface area contributed by atoms with Crippen LogP contribution < -0.4 is 0 Å². The molecular formula is C9H10BrNO3S. The molecule has 1 rings (SSSR count). The van der Waals surface area contributed by atoms with E-state index in [1.54, 1.807) is 12.1 Å². The zero-order valence-electron chi connectivity index (χ0n) is 8.01. The van der Waals surface area contributed by atoms with Gasteiger partial charge >= 0.3 is 0 Å². The molecule has 0 amide bonds. The molecule has 6 heteroatoms. The molecule has 1 N–H and O–H groups in total. The normalized spacial score (nSPS) is 12.5. The van der Waals surface area contributed by atoms with E-state index in [0.717, 1.165) is 0 Å². The fraction of sp³-hybridized carbons (Fsp3) is 0.333. The van der Waals surface area contributed by atoms with Gasteiger partial charge in [0.2, 0.25) is 0 Å². The Morgan fingerprint density at radius 1 is 1.67 bits per heavy atom. The van der Waals surface area contributed by atoms with E-state index in [1.165, 1.54) is 17.8 Å². The predicted molar refractivity (Wildman–Crippen MR) is 63.2 cm³/mol. The van der Waals surface area contributed by atoms with Crippen molar-refractivity contribution in [1.29, 1.82) is 0 Å². The van der Waals surface area contributed by atoms with Crippen LogP contribution in [-0.2, 0) is 0 Å². The number of aliphatic hydroxyl groups is 1. The number of aliphatic hydroxyl groups excluding tert-OH is 1. The van der Waals surface area contributed by atoms with Crippen molar-refractivity contribution in [3.63, 3.8) is 0 Å². The summed E-state index contributed by atoms with van der Waals surface area (Å²) in [6, 6.07) is 4.89. The minimum atomic E-state index is -0.419. The lowest BCUT2D eigenvalue weighted by Gasteiger charge is -2.07. The third-order valence-corrected chi connectivity index (χ3v) is 3.35. The molecule has 0 radical (unpaired) electrons. The van der Waals surface area contributed by atoms with Crippen LogP contribution in [0.3, 0.4) is 0 Å². The highest BCUT2D eigenvalue weighted by Crippen LogP contribution is 2.33. The van der Waals surface area contributed by atoms with Gasteiger partial charge in [-0.05, 0) is 12.1 Å². The van der Waals surface area contributed by atoms with E-state index in [0.29, 0.717) is 9.37 Å². The van der Waals surface area contributed by atoms with Crippen LogP contribution in [0.4, 0.5) is 5.69 Å². The van der Waals surface area contributed by atoms with Crippen molar-refractivity contribution >= 4 is 33.4 Å². The quantitative estimate of drug-likeness (QED) is 0.526. The Morgan fingerprint density at radius 3 is 2.87 bits per heavy atom. The molecule has 15 heavy (non-hydrogen) atoms. The van der Waals surface area contributed by atoms with Crippen molar-refractivity contribution in [3.05, 3.63) is 32.8 Å². The van der Waals surface area contributed by atoms with E-state index in [2.05, 4.69) is 15.9 Å². The molecular weight excluding hydrogens is 282 g/mol. The number of nitro groups is 1. The number of nitro benzene ring substituents is 1. The van der Waals surface area contributed by atoms with Crippen LogP contribution in [0.1, 0.15) is 6.92 Å². The van der Waals surface area contributed by atoms with E-state index >= 15 is 0 Å². The van der Waals surface area contributed by atoms with Crippen molar-refractivity contribution in [2.45, 2.75) is 17.1 Å². The second-order valence-corrected chi connectivity index (χ2v) is 5.38. The van der Waals surface area contributed by atoms with Crippen LogP contribution in [0.5, 0.6) is 0 Å². The fourth-order valence-corrected chi connectivity index (χ4v) is 2.24. The molecule has 0 unspecified atom stereocenters. The van der Waals surface area contributed by atoms with Gasteiger partial charge in [-0.1, -0.05) is 22.9 Å². The number of halogens is 1. The van der Waals surface area contributed by atoms with Gasteiger partial charge in [-0.2, -0.15) is 0 Å². The molecule has 0 bridgehead atoms. The molecule has 0 aromatic heterocycles. The molecule has 1 atom stereocenters. The summed E-state index contributed by atoms with van der Waals surface area (Å²) in [6.07, 6.45) is 0. The fourth-order valence-electron chi connectivity index (χ4n) is 0.987. The maximum absolute atomic E-state index is 10.8. The molecule has 0 fully saturated rings. The molecule has 0 aliphatic heterocycles. The lowest BCUT2D eigenvalue weighted by molar-refractivity contribution is -0.387. The summed E-state index contributed by atoms with van der Waals surface area (Å²) in [5.41, 5.74) is 0.0645. The minimum Gasteiger partial charge on any atom is -0.395 e. The first-order valence-corrected chi connectivity index (χ1v) is 5.93. The van der Waals surface area contributed by atoms with Gasteiger partial charge in [0.05, 0.1) is 16.4 Å². The molecule has 0 aliphatic rings. The third kappa shape index (κ3) is 3.48. The summed E-state index contributed by atoms with van der Waals surface area (Å²) in [4.78, 5) is 10.9. The minimum absolute atomic E-state index is 0.00210. The standard InChI is InChI=1S/C9H10BrNO3S/c1-6(5-12)15-9-3-2-7(10)4-8(9)11(13)14/h2-4,6,12H,5H2,1H3/t6-/m1/s1. The van der Waals surface area contributed by atoms with Crippen molar-refractivity contribution < 1.29 is 10.0 Å². The maximum Gasteiger partial charge on any atom is 0.284 e. The van der Waals surface area contributed by atoms with E-state index in [-0.39, 0.29) is 17.5 Å². The third-order valence-electron chi connectivity index (χ3n) is 1.70. The highest BCUT2D eigenvalue weighted by Gasteiger charge is 2.16. The lowest BCUT2D eigenvalue weighted by atomic mass is 10.3. The topological polar surface area (TPSA) is 63.4 Å². The average molecular weight is 292 g/mol. The van der Waals surface area contributed by atoms with Crippen molar-refractivity contribution in [2.24, 2.45) is 0 Å². The van der Waals surface area contributed by atoms with Crippen molar-refractivity contribution in [3.8, 4) is 0 Å². The van der Waals surface area contributed by atoms with E-state index in [4.69, 9.17) is 5.11 Å². The Kier molecular flexibility index (Phi) is 4.56. The summed E-state index contributed by atoms with van der Waals surface area (Å²) in [7, 11) is 0. The first kappa shape index (κ1) is 12.5. The zero-order valence-corrected chi connectivity index (χ0v) is 10.4. The number of rotatable bonds is 4. The van der Waals surface area contributed by atoms with Gasteiger partial charge < -0.3 is 5.11 Å². The first-order valence-electron chi connectivity index (χ1n) is 4.26. The van der Waals surface area contributed by atoms with E-state index < -0.39 is 4.92 Å². The SMILES string of the molecule is C[C@H](CO)Sc1ccc(Br)cc1[N+](=O)[O-]. The van der Waals surface area contributed by atoms with Crippen LogP contribution in [0.2, 0.25) is 0 Å². The van der Waals surface area contributed by atoms with E-state index in [1.807, 2.05) is 6.92 Å². The predicted octanol–water partition coefficient (Wildman–Crippen LogP) is 2.83. The summed E-state index contributed by atoms with van der Waals surface area (Å²) in [6.45, 7) is 1.81. The summed E-state index contributed by atoms with van der Waals surface area (Å²) >= 11 is 4.48. The summed E-state index contributed by atoms with van der Waals surface area (Å²) in [5, 5.41) is 19.6. The molecule has 0 saturated carbocycles. The second-order valence-electron chi connectivity index (χ2n) is 2.98. The van der Waals surface area contributed by atoms with Gasteiger partial charge in [0, 0.05) is 15.8 Å². The van der Waals surface area contributed by atoms with Gasteiger partial charge in [-0.3, -0.25) is 10.1 Å². The maximum atomic E-state index is 10.8. The number of nitrogens with zero attached hydrogens (tertiary/aromatic N) is 1. The molecule has 0 spiro atoms. The summed E-state index contributed by atoms with van der Waals surface area (Å²) in [5.74, 6) is 0. The van der Waals surface area contributed by atoms with Gasteiger partial charge in [-0.15, -0.1) is 11.8 Å². The monoisotopic (exact) mass is 291 g/mol. The molecule has 4 nitrogen and oxygen atoms in total. The van der Waals surface area contributed by atoms with Crippen LogP contribution in [0.15, 0.2) is 27.6 Å². The van der Waals surface area contributed by atoms with Gasteiger partial charge in [0.1, 0.15) is 0 Å². The zero-order chi connectivity index (χ0) is 11.4. The Hall–Kier alpha value is -0.590. The molecule has 0 saturated heterocycles. The van der Waals surface area contributed by atoms with Crippen molar-refractivity contribution in [2.75, 3.05) is 6.61 Å². The highest BCUT2D eigenvalue weighted by molar-refractivity contribution is 9.10. The molecule has 0 heterocycles. The number of hydrogen-bond acceptors (Lipinski definition) is 4. The number of hydrogen-bond donors (Lipinski definition) is 1. The molecule has 82 valence electrons. The molecule has 1 aromatic rings. The Labute approximate surface area is 100.0 Å². The lowest BCUT2D eigenvalue weighted by Crippen LogP contribution is -2.02. The van der Waals surface area contributed by atoms with Crippen LogP contribution in [-0.4, -0.2) is 21.9 Å². The van der Waals surface area contributed by atoms with Gasteiger partial charge in [0.25, 0.3) is 5.69 Å². The summed E-state index contributed by atoms with van der Waals surface area (Å²) < 4.78 is 0.676. The van der Waals surface area contributed by atoms with E-state index in [9.17, 15) is 10.1 Å². The average Bonchev–Trinajstić information content (AvgIpc) is 2.20. The molecule has 0 aliphatic carbocycles. The Morgan fingerprint density at radius 2 is 2.33 bits per heavy atom. The van der Waals surface area contributed by atoms with Crippen molar-refractivity contribution in [1.82, 2.24) is 0 Å². The van der Waals surface area contributed by atoms with Gasteiger partial charge in [0.15, 0.2) is 0 Å². The van der Waals surface area contributed by atoms with Crippen LogP contribution >= 0.6 is 27.7 Å². The largest absolute Gasteiger partial charge is 0.395 e. The Balaban J connectivity index is 3.01. The van der Waals surface area contributed by atoms with Crippen LogP contribution in [0, 0.1) is 10.1 Å². The molecule has 1 aromatic carbocycles. The Bertz CT molecular complexity index is 372. The highest BCUT2D eigenvalue weighted by atomic mass is 79.9. The smallest absolute Gasteiger partial charge is 0.284 e.